The topological polar surface area (TPSA) is 33.2 Å². The molecule has 1 aliphatic rings. The Morgan fingerprint density at radius 1 is 1.18 bits per heavy atom. The first-order chi connectivity index (χ1) is 10.6. The first kappa shape index (κ1) is 15.5. The van der Waals surface area contributed by atoms with E-state index in [4.69, 9.17) is 35.4 Å². The number of pyridine rings is 1. The maximum atomic E-state index is 12.6. The first-order valence-corrected chi connectivity index (χ1v) is 8.18. The van der Waals surface area contributed by atoms with Crippen molar-refractivity contribution in [2.24, 2.45) is 0 Å². The molecule has 0 spiro atoms. The van der Waals surface area contributed by atoms with Crippen LogP contribution in [0.1, 0.15) is 5.56 Å². The molecule has 0 bridgehead atoms. The van der Waals surface area contributed by atoms with Crippen LogP contribution in [0.25, 0.3) is 6.08 Å². The van der Waals surface area contributed by atoms with Gasteiger partial charge in [0.25, 0.3) is 5.91 Å². The molecule has 0 atom stereocenters. The molecule has 3 nitrogen and oxygen atoms in total. The third-order valence-electron chi connectivity index (χ3n) is 2.97. The zero-order chi connectivity index (χ0) is 15.7. The normalized spacial score (nSPS) is 16.6. The highest BCUT2D eigenvalue weighted by Crippen LogP contribution is 2.37. The number of hydrogen-bond donors (Lipinski definition) is 0. The molecule has 1 aromatic carbocycles. The fraction of sp³-hybridized carbons (Fsp3) is 0. The molecule has 1 amide bonds. The number of aromatic nitrogens is 1. The molecule has 22 heavy (non-hydrogen) atoms. The van der Waals surface area contributed by atoms with E-state index in [1.54, 1.807) is 48.8 Å². The average Bonchev–Trinajstić information content (AvgIpc) is 2.78. The van der Waals surface area contributed by atoms with E-state index >= 15 is 0 Å². The Kier molecular flexibility index (Phi) is 4.49. The van der Waals surface area contributed by atoms with Crippen LogP contribution >= 0.6 is 47.2 Å². The maximum Gasteiger partial charge on any atom is 0.270 e. The Balaban J connectivity index is 2.00. The lowest BCUT2D eigenvalue weighted by Gasteiger charge is -2.13. The van der Waals surface area contributed by atoms with Gasteiger partial charge in [0.05, 0.1) is 16.8 Å². The summed E-state index contributed by atoms with van der Waals surface area (Å²) in [6.45, 7) is 0. The molecule has 1 aliphatic heterocycles. The summed E-state index contributed by atoms with van der Waals surface area (Å²) >= 11 is 18.8. The highest BCUT2D eigenvalue weighted by atomic mass is 35.5. The molecule has 1 fully saturated rings. The van der Waals surface area contributed by atoms with Crippen molar-refractivity contribution in [3.8, 4) is 0 Å². The van der Waals surface area contributed by atoms with Crippen molar-refractivity contribution in [2.45, 2.75) is 0 Å². The number of nitrogens with zero attached hydrogens (tertiary/aromatic N) is 2. The second kappa shape index (κ2) is 6.38. The molecule has 3 rings (SSSR count). The largest absolute Gasteiger partial charge is 0.270 e. The van der Waals surface area contributed by atoms with Gasteiger partial charge in [-0.2, -0.15) is 0 Å². The van der Waals surface area contributed by atoms with E-state index in [2.05, 4.69) is 4.98 Å². The maximum absolute atomic E-state index is 12.6. The number of halogens is 2. The summed E-state index contributed by atoms with van der Waals surface area (Å²) in [5.41, 5.74) is 1.25. The van der Waals surface area contributed by atoms with Crippen LogP contribution in [-0.2, 0) is 4.79 Å². The Labute approximate surface area is 146 Å². The van der Waals surface area contributed by atoms with Crippen molar-refractivity contribution in [3.05, 3.63) is 63.2 Å². The fourth-order valence-corrected chi connectivity index (χ4v) is 3.74. The van der Waals surface area contributed by atoms with E-state index in [1.807, 2.05) is 0 Å². The number of thiocarbonyl (C=S) groups is 1. The standard InChI is InChI=1S/C15H8Cl2N2OS2/c16-11-4-1-5-12(17)10(11)7-13-14(20)19(15(21)22-13)9-3-2-6-18-8-9/h1-8H/b13-7-. The Morgan fingerprint density at radius 2 is 1.91 bits per heavy atom. The quantitative estimate of drug-likeness (QED) is 0.564. The van der Waals surface area contributed by atoms with Crippen LogP contribution in [0.15, 0.2) is 47.6 Å². The minimum Gasteiger partial charge on any atom is -0.268 e. The van der Waals surface area contributed by atoms with Crippen LogP contribution in [0.4, 0.5) is 5.69 Å². The summed E-state index contributed by atoms with van der Waals surface area (Å²) in [5, 5.41) is 0.971. The molecular formula is C15H8Cl2N2OS2. The van der Waals surface area contributed by atoms with E-state index in [0.29, 0.717) is 30.5 Å². The summed E-state index contributed by atoms with van der Waals surface area (Å²) in [7, 11) is 0. The molecule has 0 radical (unpaired) electrons. The Hall–Kier alpha value is -1.40. The van der Waals surface area contributed by atoms with Crippen molar-refractivity contribution < 1.29 is 4.79 Å². The van der Waals surface area contributed by atoms with E-state index in [1.165, 1.54) is 16.7 Å². The fourth-order valence-electron chi connectivity index (χ4n) is 1.96. The van der Waals surface area contributed by atoms with Crippen LogP contribution in [0.2, 0.25) is 10.0 Å². The van der Waals surface area contributed by atoms with Gasteiger partial charge in [-0.25, -0.2) is 0 Å². The van der Waals surface area contributed by atoms with Gasteiger partial charge in [-0.05, 0) is 30.3 Å². The number of amides is 1. The third-order valence-corrected chi connectivity index (χ3v) is 4.93. The first-order valence-electron chi connectivity index (χ1n) is 6.20. The van der Waals surface area contributed by atoms with Crippen LogP contribution in [0.5, 0.6) is 0 Å². The van der Waals surface area contributed by atoms with Crippen molar-refractivity contribution in [3.63, 3.8) is 0 Å². The molecule has 2 heterocycles. The summed E-state index contributed by atoms with van der Waals surface area (Å²) in [6.07, 6.45) is 4.90. The van der Waals surface area contributed by atoms with E-state index in [-0.39, 0.29) is 5.91 Å². The number of carbonyl (C=O) groups is 1. The number of benzene rings is 1. The predicted molar refractivity (Wildman–Crippen MR) is 96.4 cm³/mol. The van der Waals surface area contributed by atoms with Gasteiger partial charge in [0.15, 0.2) is 4.32 Å². The SMILES string of the molecule is O=C1/C(=C/c2c(Cl)cccc2Cl)SC(=S)N1c1cccnc1. The molecular weight excluding hydrogens is 359 g/mol. The summed E-state index contributed by atoms with van der Waals surface area (Å²) < 4.78 is 0.451. The number of carbonyl (C=O) groups excluding carboxylic acids is 1. The molecule has 7 heteroatoms. The second-order valence-corrected chi connectivity index (χ2v) is 6.85. The summed E-state index contributed by atoms with van der Waals surface area (Å²) in [6, 6.07) is 8.73. The second-order valence-electron chi connectivity index (χ2n) is 4.36. The van der Waals surface area contributed by atoms with Gasteiger partial charge in [0, 0.05) is 21.8 Å². The monoisotopic (exact) mass is 366 g/mol. The third kappa shape index (κ3) is 2.90. The van der Waals surface area contributed by atoms with Crippen LogP contribution in [-0.4, -0.2) is 15.2 Å². The molecule has 0 N–H and O–H groups in total. The van der Waals surface area contributed by atoms with Crippen LogP contribution in [0, 0.1) is 0 Å². The molecule has 110 valence electrons. The van der Waals surface area contributed by atoms with Crippen molar-refractivity contribution in [2.75, 3.05) is 4.90 Å². The molecule has 0 aliphatic carbocycles. The van der Waals surface area contributed by atoms with E-state index in [9.17, 15) is 4.79 Å². The zero-order valence-corrected chi connectivity index (χ0v) is 14.1. The van der Waals surface area contributed by atoms with Crippen molar-refractivity contribution >= 4 is 69.2 Å². The lowest BCUT2D eigenvalue weighted by Crippen LogP contribution is -2.27. The van der Waals surface area contributed by atoms with Gasteiger partial charge in [-0.3, -0.25) is 14.7 Å². The lowest BCUT2D eigenvalue weighted by molar-refractivity contribution is -0.113. The Morgan fingerprint density at radius 3 is 2.55 bits per heavy atom. The van der Waals surface area contributed by atoms with Gasteiger partial charge in [-0.1, -0.05) is 53.2 Å². The molecule has 0 saturated carbocycles. The molecule has 0 unspecified atom stereocenters. The van der Waals surface area contributed by atoms with E-state index in [0.717, 1.165) is 0 Å². The van der Waals surface area contributed by atoms with Gasteiger partial charge in [0.1, 0.15) is 0 Å². The minimum absolute atomic E-state index is 0.209. The van der Waals surface area contributed by atoms with Gasteiger partial charge in [-0.15, -0.1) is 0 Å². The number of hydrogen-bond acceptors (Lipinski definition) is 4. The van der Waals surface area contributed by atoms with E-state index < -0.39 is 0 Å². The minimum atomic E-state index is -0.209. The van der Waals surface area contributed by atoms with Gasteiger partial charge >= 0.3 is 0 Å². The highest BCUT2D eigenvalue weighted by molar-refractivity contribution is 8.27. The van der Waals surface area contributed by atoms with Gasteiger partial charge < -0.3 is 0 Å². The van der Waals surface area contributed by atoms with Gasteiger partial charge in [0.2, 0.25) is 0 Å². The van der Waals surface area contributed by atoms with Crippen molar-refractivity contribution in [1.82, 2.24) is 4.98 Å². The van der Waals surface area contributed by atoms with Crippen LogP contribution in [0.3, 0.4) is 0 Å². The molecule has 2 aromatic rings. The number of anilines is 1. The highest BCUT2D eigenvalue weighted by Gasteiger charge is 2.33. The predicted octanol–water partition coefficient (Wildman–Crippen LogP) is 4.79. The number of thioether (sulfide) groups is 1. The average molecular weight is 367 g/mol. The number of rotatable bonds is 2. The smallest absolute Gasteiger partial charge is 0.268 e. The zero-order valence-electron chi connectivity index (χ0n) is 11.0. The summed E-state index contributed by atoms with van der Waals surface area (Å²) in [4.78, 5) is 18.5. The molecule has 1 saturated heterocycles. The lowest BCUT2D eigenvalue weighted by atomic mass is 10.2. The molecule has 1 aromatic heterocycles. The van der Waals surface area contributed by atoms with Crippen LogP contribution < -0.4 is 4.90 Å². The van der Waals surface area contributed by atoms with Crippen molar-refractivity contribution in [1.29, 1.82) is 0 Å². The summed E-state index contributed by atoms with van der Waals surface area (Å²) in [5.74, 6) is -0.209. The Bertz CT molecular complexity index is 773.